The van der Waals surface area contributed by atoms with Gasteiger partial charge in [0.05, 0.1) is 22.8 Å². The molecule has 26 heavy (non-hydrogen) atoms. The molecule has 0 atom stereocenters. The number of amides is 1. The molecule has 1 N–H and O–H groups in total. The molecular formula is C17H16F2N2O4S. The first-order valence-corrected chi connectivity index (χ1v) is 9.21. The third-order valence-electron chi connectivity index (χ3n) is 3.96. The number of hydrogen-bond donors (Lipinski definition) is 1. The second-order valence-electron chi connectivity index (χ2n) is 5.83. The van der Waals surface area contributed by atoms with Gasteiger partial charge in [-0.2, -0.15) is 0 Å². The fourth-order valence-electron chi connectivity index (χ4n) is 2.74. The zero-order valence-corrected chi connectivity index (χ0v) is 14.9. The summed E-state index contributed by atoms with van der Waals surface area (Å²) in [5, 5.41) is 0. The number of carbonyl (C=O) groups excluding carboxylic acids is 1. The van der Waals surface area contributed by atoms with Crippen molar-refractivity contribution < 1.29 is 26.7 Å². The van der Waals surface area contributed by atoms with Gasteiger partial charge in [-0.3, -0.25) is 9.52 Å². The molecule has 0 radical (unpaired) electrons. The zero-order chi connectivity index (χ0) is 19.1. The number of hydrogen-bond acceptors (Lipinski definition) is 4. The maximum absolute atomic E-state index is 13.8. The van der Waals surface area contributed by atoms with Gasteiger partial charge in [-0.05, 0) is 30.7 Å². The van der Waals surface area contributed by atoms with Gasteiger partial charge in [-0.15, -0.1) is 0 Å². The van der Waals surface area contributed by atoms with Crippen molar-refractivity contribution in [2.45, 2.75) is 18.7 Å². The third-order valence-corrected chi connectivity index (χ3v) is 5.47. The van der Waals surface area contributed by atoms with Gasteiger partial charge in [0.1, 0.15) is 24.0 Å². The van der Waals surface area contributed by atoms with E-state index in [1.54, 1.807) is 6.92 Å². The van der Waals surface area contributed by atoms with Crippen LogP contribution in [-0.2, 0) is 14.8 Å². The second kappa shape index (κ2) is 6.56. The van der Waals surface area contributed by atoms with Crippen molar-refractivity contribution in [2.24, 2.45) is 0 Å². The summed E-state index contributed by atoms with van der Waals surface area (Å²) >= 11 is 0. The first-order valence-electron chi connectivity index (χ1n) is 7.72. The van der Waals surface area contributed by atoms with Gasteiger partial charge in [-0.25, -0.2) is 17.2 Å². The number of nitrogens with one attached hydrogen (secondary N) is 1. The molecule has 3 rings (SSSR count). The molecule has 0 aromatic heterocycles. The van der Waals surface area contributed by atoms with Gasteiger partial charge in [0, 0.05) is 19.1 Å². The van der Waals surface area contributed by atoms with Gasteiger partial charge < -0.3 is 9.64 Å². The molecule has 0 fully saturated rings. The van der Waals surface area contributed by atoms with Crippen LogP contribution in [0, 0.1) is 18.6 Å². The van der Waals surface area contributed by atoms with Gasteiger partial charge in [-0.1, -0.05) is 0 Å². The Labute approximate surface area is 149 Å². The van der Waals surface area contributed by atoms with E-state index in [9.17, 15) is 22.0 Å². The summed E-state index contributed by atoms with van der Waals surface area (Å²) in [5.41, 5.74) is 0.471. The highest BCUT2D eigenvalue weighted by atomic mass is 32.2. The van der Waals surface area contributed by atoms with Gasteiger partial charge in [0.15, 0.2) is 0 Å². The molecule has 0 saturated carbocycles. The van der Waals surface area contributed by atoms with E-state index in [-0.39, 0.29) is 28.8 Å². The van der Waals surface area contributed by atoms with Crippen LogP contribution in [-0.4, -0.2) is 27.5 Å². The van der Waals surface area contributed by atoms with Crippen LogP contribution in [0.3, 0.4) is 0 Å². The van der Waals surface area contributed by atoms with Crippen molar-refractivity contribution in [3.63, 3.8) is 0 Å². The number of benzene rings is 2. The van der Waals surface area contributed by atoms with Crippen molar-refractivity contribution in [1.82, 2.24) is 0 Å². The molecule has 2 aromatic rings. The molecule has 6 nitrogen and oxygen atoms in total. The Kier molecular flexibility index (Phi) is 4.57. The summed E-state index contributed by atoms with van der Waals surface area (Å²) in [7, 11) is -4.15. The first kappa shape index (κ1) is 18.1. The summed E-state index contributed by atoms with van der Waals surface area (Å²) in [6, 6.07) is 5.37. The Balaban J connectivity index is 2.02. The van der Waals surface area contributed by atoms with E-state index in [1.165, 1.54) is 24.0 Å². The van der Waals surface area contributed by atoms with Crippen molar-refractivity contribution in [1.29, 1.82) is 0 Å². The fraction of sp³-hybridized carbons (Fsp3) is 0.235. The molecule has 0 saturated heterocycles. The number of aryl methyl sites for hydroxylation is 1. The SMILES string of the molecule is CC(=O)N1CCOc2cc(S(=O)(=O)Nc3ccc(F)cc3F)c(C)cc21. The first-order chi connectivity index (χ1) is 12.2. The van der Waals surface area contributed by atoms with Crippen LogP contribution in [0.1, 0.15) is 12.5 Å². The Morgan fingerprint density at radius 1 is 1.23 bits per heavy atom. The van der Waals surface area contributed by atoms with Crippen molar-refractivity contribution in [3.8, 4) is 5.75 Å². The third kappa shape index (κ3) is 3.34. The number of fused-ring (bicyclic) bond motifs is 1. The lowest BCUT2D eigenvalue weighted by atomic mass is 10.1. The van der Waals surface area contributed by atoms with E-state index in [0.717, 1.165) is 12.1 Å². The average molecular weight is 382 g/mol. The monoisotopic (exact) mass is 382 g/mol. The highest BCUT2D eigenvalue weighted by molar-refractivity contribution is 7.92. The lowest BCUT2D eigenvalue weighted by Gasteiger charge is -2.29. The van der Waals surface area contributed by atoms with Crippen LogP contribution in [0.2, 0.25) is 0 Å². The summed E-state index contributed by atoms with van der Waals surface area (Å²) in [4.78, 5) is 13.1. The molecular weight excluding hydrogens is 366 g/mol. The topological polar surface area (TPSA) is 75.7 Å². The number of ether oxygens (including phenoxy) is 1. The van der Waals surface area contributed by atoms with Crippen molar-refractivity contribution in [2.75, 3.05) is 22.8 Å². The molecule has 1 amide bonds. The van der Waals surface area contributed by atoms with Crippen LogP contribution in [0.4, 0.5) is 20.2 Å². The fourth-order valence-corrected chi connectivity index (χ4v) is 4.05. The molecule has 2 aromatic carbocycles. The number of nitrogens with zero attached hydrogens (tertiary/aromatic N) is 1. The molecule has 0 unspecified atom stereocenters. The number of anilines is 2. The lowest BCUT2D eigenvalue weighted by Crippen LogP contribution is -2.36. The Bertz CT molecular complexity index is 992. The quantitative estimate of drug-likeness (QED) is 0.886. The van der Waals surface area contributed by atoms with E-state index in [4.69, 9.17) is 4.74 Å². The van der Waals surface area contributed by atoms with E-state index in [0.29, 0.717) is 23.9 Å². The lowest BCUT2D eigenvalue weighted by molar-refractivity contribution is -0.116. The van der Waals surface area contributed by atoms with E-state index >= 15 is 0 Å². The normalized spacial score (nSPS) is 13.8. The van der Waals surface area contributed by atoms with E-state index < -0.39 is 21.7 Å². The smallest absolute Gasteiger partial charge is 0.262 e. The van der Waals surface area contributed by atoms with E-state index in [1.807, 2.05) is 0 Å². The standard InChI is InChI=1S/C17H16F2N2O4S/c1-10-7-15-16(25-6-5-21(15)11(2)22)9-17(10)26(23,24)20-14-4-3-12(18)8-13(14)19/h3-4,7-9,20H,5-6H2,1-2H3. The largest absolute Gasteiger partial charge is 0.489 e. The molecule has 1 heterocycles. The molecule has 0 aliphatic carbocycles. The summed E-state index contributed by atoms with van der Waals surface area (Å²) in [5.74, 6) is -1.77. The molecule has 138 valence electrons. The van der Waals surface area contributed by atoms with Crippen LogP contribution in [0.5, 0.6) is 5.75 Å². The number of rotatable bonds is 3. The molecule has 0 spiro atoms. The Morgan fingerprint density at radius 2 is 1.96 bits per heavy atom. The van der Waals surface area contributed by atoms with Crippen molar-refractivity contribution in [3.05, 3.63) is 47.5 Å². The predicted octanol–water partition coefficient (Wildman–Crippen LogP) is 2.82. The number of halogens is 2. The van der Waals surface area contributed by atoms with E-state index in [2.05, 4.69) is 4.72 Å². The van der Waals surface area contributed by atoms with Crippen LogP contribution < -0.4 is 14.4 Å². The minimum Gasteiger partial charge on any atom is -0.489 e. The van der Waals surface area contributed by atoms with Crippen LogP contribution >= 0.6 is 0 Å². The van der Waals surface area contributed by atoms with Gasteiger partial charge >= 0.3 is 0 Å². The zero-order valence-electron chi connectivity index (χ0n) is 14.0. The maximum Gasteiger partial charge on any atom is 0.262 e. The molecule has 0 bridgehead atoms. The summed E-state index contributed by atoms with van der Waals surface area (Å²) in [6.07, 6.45) is 0. The molecule has 1 aliphatic rings. The van der Waals surface area contributed by atoms with Gasteiger partial charge in [0.2, 0.25) is 5.91 Å². The molecule has 9 heteroatoms. The minimum atomic E-state index is -4.15. The summed E-state index contributed by atoms with van der Waals surface area (Å²) in [6.45, 7) is 3.57. The molecule has 1 aliphatic heterocycles. The second-order valence-corrected chi connectivity index (χ2v) is 7.49. The maximum atomic E-state index is 13.8. The van der Waals surface area contributed by atoms with Crippen LogP contribution in [0.15, 0.2) is 35.2 Å². The number of carbonyl (C=O) groups is 1. The highest BCUT2D eigenvalue weighted by Crippen LogP contribution is 2.36. The summed E-state index contributed by atoms with van der Waals surface area (Å²) < 4.78 is 59.7. The minimum absolute atomic E-state index is 0.120. The average Bonchev–Trinajstić information content (AvgIpc) is 2.56. The number of sulfonamides is 1. The predicted molar refractivity (Wildman–Crippen MR) is 91.9 cm³/mol. The van der Waals surface area contributed by atoms with Crippen molar-refractivity contribution >= 4 is 27.3 Å². The Hall–Kier alpha value is -2.68. The van der Waals surface area contributed by atoms with Gasteiger partial charge in [0.25, 0.3) is 10.0 Å². The van der Waals surface area contributed by atoms with Crippen LogP contribution in [0.25, 0.3) is 0 Å². The Morgan fingerprint density at radius 3 is 2.62 bits per heavy atom. The highest BCUT2D eigenvalue weighted by Gasteiger charge is 2.26.